The number of anilines is 1. The number of nitro groups is 1. The Morgan fingerprint density at radius 3 is 2.89 bits per heavy atom. The maximum atomic E-state index is 10.6. The van der Waals surface area contributed by atoms with E-state index < -0.39 is 4.92 Å². The summed E-state index contributed by atoms with van der Waals surface area (Å²) in [5, 5.41) is 13.7. The van der Waals surface area contributed by atoms with Gasteiger partial charge in [-0.25, -0.2) is 4.98 Å². The maximum absolute atomic E-state index is 10.6. The van der Waals surface area contributed by atoms with E-state index in [0.717, 1.165) is 11.4 Å². The van der Waals surface area contributed by atoms with Crippen LogP contribution in [0.4, 0.5) is 11.4 Å². The highest BCUT2D eigenvalue weighted by atomic mass is 79.9. The van der Waals surface area contributed by atoms with Crippen molar-refractivity contribution in [3.8, 4) is 0 Å². The molecule has 1 aromatic heterocycles. The first-order valence-corrected chi connectivity index (χ1v) is 5.94. The topological polar surface area (TPSA) is 81.2 Å². The summed E-state index contributed by atoms with van der Waals surface area (Å²) in [6.07, 6.45) is 1.64. The Morgan fingerprint density at radius 2 is 2.33 bits per heavy atom. The van der Waals surface area contributed by atoms with E-state index in [1.807, 2.05) is 6.92 Å². The molecule has 7 heteroatoms. The van der Waals surface area contributed by atoms with Crippen LogP contribution in [0.3, 0.4) is 0 Å². The van der Waals surface area contributed by atoms with Gasteiger partial charge in [-0.2, -0.15) is 0 Å². The van der Waals surface area contributed by atoms with Crippen molar-refractivity contribution in [1.82, 2.24) is 4.98 Å². The molecule has 6 nitrogen and oxygen atoms in total. The van der Waals surface area contributed by atoms with Gasteiger partial charge in [0.15, 0.2) is 0 Å². The molecule has 0 spiro atoms. The highest BCUT2D eigenvalue weighted by molar-refractivity contribution is 9.10. The summed E-state index contributed by atoms with van der Waals surface area (Å²) in [4.78, 5) is 14.2. The Hall–Kier alpha value is -1.89. The van der Waals surface area contributed by atoms with Gasteiger partial charge in [-0.1, -0.05) is 0 Å². The minimum atomic E-state index is -0.439. The lowest BCUT2D eigenvalue weighted by Gasteiger charge is -2.06. The van der Waals surface area contributed by atoms with Crippen molar-refractivity contribution in [3.63, 3.8) is 0 Å². The highest BCUT2D eigenvalue weighted by Crippen LogP contribution is 2.27. The van der Waals surface area contributed by atoms with Crippen LogP contribution in [0.25, 0.3) is 0 Å². The van der Waals surface area contributed by atoms with Crippen LogP contribution >= 0.6 is 15.9 Å². The molecule has 0 radical (unpaired) electrons. The summed E-state index contributed by atoms with van der Waals surface area (Å²) in [7, 11) is 0. The minimum absolute atomic E-state index is 0.0411. The molecule has 0 unspecified atom stereocenters. The third kappa shape index (κ3) is 2.86. The third-order valence-electron chi connectivity index (χ3n) is 2.26. The number of benzene rings is 1. The lowest BCUT2D eigenvalue weighted by molar-refractivity contribution is -0.384. The van der Waals surface area contributed by atoms with Crippen LogP contribution < -0.4 is 5.32 Å². The molecule has 1 heterocycles. The van der Waals surface area contributed by atoms with Gasteiger partial charge in [-0.3, -0.25) is 10.1 Å². The average molecular weight is 312 g/mol. The quantitative estimate of drug-likeness (QED) is 0.692. The number of halogens is 1. The molecule has 0 aliphatic heterocycles. The zero-order valence-corrected chi connectivity index (χ0v) is 11.1. The molecule has 0 atom stereocenters. The van der Waals surface area contributed by atoms with Crippen molar-refractivity contribution in [2.75, 3.05) is 5.32 Å². The summed E-state index contributed by atoms with van der Waals surface area (Å²) < 4.78 is 5.93. The van der Waals surface area contributed by atoms with Crippen LogP contribution in [0.15, 0.2) is 33.3 Å². The van der Waals surface area contributed by atoms with Crippen molar-refractivity contribution >= 4 is 27.3 Å². The number of nitro benzene ring substituents is 1. The SMILES string of the molecule is Cc1cnc(CNc2ccc([N+](=O)[O-])cc2Br)o1. The Balaban J connectivity index is 2.08. The number of nitrogens with zero attached hydrogens (tertiary/aromatic N) is 2. The molecule has 0 aliphatic carbocycles. The van der Waals surface area contributed by atoms with Gasteiger partial charge in [0.05, 0.1) is 17.7 Å². The van der Waals surface area contributed by atoms with Gasteiger partial charge in [-0.05, 0) is 28.9 Å². The Bertz CT molecular complexity index is 583. The summed E-state index contributed by atoms with van der Waals surface area (Å²) in [6, 6.07) is 4.52. The predicted molar refractivity (Wildman–Crippen MR) is 69.4 cm³/mol. The molecule has 94 valence electrons. The zero-order valence-electron chi connectivity index (χ0n) is 9.51. The summed E-state index contributed by atoms with van der Waals surface area (Å²) in [5.41, 5.74) is 0.788. The van der Waals surface area contributed by atoms with Gasteiger partial charge in [0.1, 0.15) is 5.76 Å². The molecule has 2 rings (SSSR count). The van der Waals surface area contributed by atoms with Gasteiger partial charge in [0.2, 0.25) is 5.89 Å². The van der Waals surface area contributed by atoms with Crippen molar-refractivity contribution in [2.24, 2.45) is 0 Å². The maximum Gasteiger partial charge on any atom is 0.270 e. The minimum Gasteiger partial charge on any atom is -0.444 e. The van der Waals surface area contributed by atoms with Crippen LogP contribution in [0.5, 0.6) is 0 Å². The van der Waals surface area contributed by atoms with E-state index in [-0.39, 0.29) is 5.69 Å². The molecule has 18 heavy (non-hydrogen) atoms. The summed E-state index contributed by atoms with van der Waals surface area (Å²) in [5.74, 6) is 1.31. The molecule has 1 aromatic carbocycles. The molecule has 0 bridgehead atoms. The van der Waals surface area contributed by atoms with E-state index in [0.29, 0.717) is 16.9 Å². The zero-order chi connectivity index (χ0) is 13.1. The largest absolute Gasteiger partial charge is 0.444 e. The van der Waals surface area contributed by atoms with E-state index in [4.69, 9.17) is 4.42 Å². The smallest absolute Gasteiger partial charge is 0.270 e. The van der Waals surface area contributed by atoms with Crippen molar-refractivity contribution in [3.05, 3.63) is 50.6 Å². The van der Waals surface area contributed by atoms with Gasteiger partial charge >= 0.3 is 0 Å². The first-order chi connectivity index (χ1) is 8.56. The Morgan fingerprint density at radius 1 is 1.56 bits per heavy atom. The Kier molecular flexibility index (Phi) is 3.61. The van der Waals surface area contributed by atoms with Crippen molar-refractivity contribution in [2.45, 2.75) is 13.5 Å². The number of nitrogens with one attached hydrogen (secondary N) is 1. The van der Waals surface area contributed by atoms with E-state index in [1.54, 1.807) is 12.3 Å². The monoisotopic (exact) mass is 311 g/mol. The molecule has 1 N–H and O–H groups in total. The van der Waals surface area contributed by atoms with Crippen molar-refractivity contribution < 1.29 is 9.34 Å². The number of rotatable bonds is 4. The number of aryl methyl sites for hydroxylation is 1. The summed E-state index contributed by atoms with van der Waals surface area (Å²) >= 11 is 3.28. The fourth-order valence-corrected chi connectivity index (χ4v) is 1.92. The number of non-ortho nitro benzene ring substituents is 1. The predicted octanol–water partition coefficient (Wildman–Crippen LogP) is 3.27. The fourth-order valence-electron chi connectivity index (χ4n) is 1.41. The highest BCUT2D eigenvalue weighted by Gasteiger charge is 2.09. The lowest BCUT2D eigenvalue weighted by Crippen LogP contribution is -2.00. The van der Waals surface area contributed by atoms with Crippen LogP contribution in [0.2, 0.25) is 0 Å². The van der Waals surface area contributed by atoms with Crippen LogP contribution in [-0.4, -0.2) is 9.91 Å². The molecular weight excluding hydrogens is 302 g/mol. The van der Waals surface area contributed by atoms with Gasteiger partial charge in [-0.15, -0.1) is 0 Å². The second-order valence-corrected chi connectivity index (χ2v) is 4.49. The standard InChI is InChI=1S/C11H10BrN3O3/c1-7-5-14-11(18-7)6-13-10-3-2-8(15(16)17)4-9(10)12/h2-5,13H,6H2,1H3. The van der Waals surface area contributed by atoms with E-state index in [2.05, 4.69) is 26.2 Å². The van der Waals surface area contributed by atoms with Gasteiger partial charge in [0, 0.05) is 22.3 Å². The summed E-state index contributed by atoms with van der Waals surface area (Å²) in [6.45, 7) is 2.24. The van der Waals surface area contributed by atoms with E-state index >= 15 is 0 Å². The number of hydrogen-bond acceptors (Lipinski definition) is 5. The van der Waals surface area contributed by atoms with Crippen LogP contribution in [-0.2, 0) is 6.54 Å². The molecule has 2 aromatic rings. The molecule has 0 saturated heterocycles. The second kappa shape index (κ2) is 5.18. The van der Waals surface area contributed by atoms with E-state index in [9.17, 15) is 10.1 Å². The van der Waals surface area contributed by atoms with Crippen molar-refractivity contribution in [1.29, 1.82) is 0 Å². The number of oxazole rings is 1. The first kappa shape index (κ1) is 12.6. The third-order valence-corrected chi connectivity index (χ3v) is 2.92. The lowest BCUT2D eigenvalue weighted by atomic mass is 10.3. The molecule has 0 amide bonds. The number of hydrogen-bond donors (Lipinski definition) is 1. The molecule has 0 aliphatic rings. The van der Waals surface area contributed by atoms with E-state index in [1.165, 1.54) is 12.1 Å². The molecule has 0 saturated carbocycles. The fraction of sp³-hybridized carbons (Fsp3) is 0.182. The van der Waals surface area contributed by atoms with Gasteiger partial charge in [0.25, 0.3) is 5.69 Å². The first-order valence-electron chi connectivity index (χ1n) is 5.15. The second-order valence-electron chi connectivity index (χ2n) is 3.64. The van der Waals surface area contributed by atoms with Crippen LogP contribution in [0, 0.1) is 17.0 Å². The van der Waals surface area contributed by atoms with Crippen LogP contribution in [0.1, 0.15) is 11.7 Å². The van der Waals surface area contributed by atoms with Gasteiger partial charge < -0.3 is 9.73 Å². The molecule has 0 fully saturated rings. The normalized spacial score (nSPS) is 10.3. The Labute approximate surface area is 111 Å². The number of aromatic nitrogens is 1. The average Bonchev–Trinajstić information content (AvgIpc) is 2.73. The molecular formula is C11H10BrN3O3.